The van der Waals surface area contributed by atoms with Crippen LogP contribution in [-0.4, -0.2) is 19.4 Å². The Morgan fingerprint density at radius 3 is 2.70 bits per heavy atom. The van der Waals surface area contributed by atoms with Gasteiger partial charge in [0.25, 0.3) is 5.56 Å². The lowest BCUT2D eigenvalue weighted by molar-refractivity contribution is 0.227. The third kappa shape index (κ3) is 3.24. The van der Waals surface area contributed by atoms with Crippen molar-refractivity contribution >= 4 is 21.6 Å². The second-order valence-corrected chi connectivity index (χ2v) is 7.63. The van der Waals surface area contributed by atoms with Crippen molar-refractivity contribution in [3.05, 3.63) is 27.6 Å². The molecule has 3 atom stereocenters. The summed E-state index contributed by atoms with van der Waals surface area (Å²) in [5.41, 5.74) is -0.495. The summed E-state index contributed by atoms with van der Waals surface area (Å²) in [7, 11) is -3.66. The second-order valence-electron chi connectivity index (χ2n) is 5.51. The molecule has 112 valence electrons. The number of rotatable bonds is 3. The number of aromatic nitrogens is 1. The van der Waals surface area contributed by atoms with Crippen LogP contribution in [0.15, 0.2) is 22.0 Å². The zero-order valence-corrected chi connectivity index (χ0v) is 13.1. The van der Waals surface area contributed by atoms with Crippen LogP contribution in [0, 0.1) is 11.8 Å². The average Bonchev–Trinajstić information content (AvgIpc) is 2.38. The van der Waals surface area contributed by atoms with Gasteiger partial charge in [0.1, 0.15) is 5.02 Å². The van der Waals surface area contributed by atoms with Gasteiger partial charge in [-0.1, -0.05) is 38.3 Å². The number of sulfonamides is 1. The Bertz CT molecular complexity index is 641. The predicted molar refractivity (Wildman–Crippen MR) is 78.4 cm³/mol. The SMILES string of the molecule is CC1CCCC(NS(=O)(=O)c2c[nH]c(=O)c(Cl)c2)C1C. The molecule has 0 aliphatic heterocycles. The molecule has 0 spiro atoms. The molecule has 1 heterocycles. The van der Waals surface area contributed by atoms with Gasteiger partial charge in [-0.3, -0.25) is 4.79 Å². The van der Waals surface area contributed by atoms with Gasteiger partial charge < -0.3 is 4.98 Å². The van der Waals surface area contributed by atoms with E-state index in [0.29, 0.717) is 5.92 Å². The Morgan fingerprint density at radius 2 is 2.05 bits per heavy atom. The van der Waals surface area contributed by atoms with Crippen LogP contribution >= 0.6 is 11.6 Å². The van der Waals surface area contributed by atoms with Crippen molar-refractivity contribution in [3.63, 3.8) is 0 Å². The third-order valence-electron chi connectivity index (χ3n) is 4.16. The first-order valence-electron chi connectivity index (χ1n) is 6.72. The van der Waals surface area contributed by atoms with Crippen LogP contribution in [0.4, 0.5) is 0 Å². The number of H-pyrrole nitrogens is 1. The molecule has 20 heavy (non-hydrogen) atoms. The van der Waals surface area contributed by atoms with Crippen molar-refractivity contribution in [2.24, 2.45) is 11.8 Å². The zero-order chi connectivity index (χ0) is 14.9. The molecule has 1 aliphatic carbocycles. The lowest BCUT2D eigenvalue weighted by Crippen LogP contribution is -2.43. The quantitative estimate of drug-likeness (QED) is 0.896. The van der Waals surface area contributed by atoms with Gasteiger partial charge in [-0.2, -0.15) is 0 Å². The minimum atomic E-state index is -3.66. The van der Waals surface area contributed by atoms with Crippen LogP contribution in [0.25, 0.3) is 0 Å². The van der Waals surface area contributed by atoms with Crippen molar-refractivity contribution in [2.45, 2.75) is 44.0 Å². The summed E-state index contributed by atoms with van der Waals surface area (Å²) >= 11 is 5.68. The number of nitrogens with one attached hydrogen (secondary N) is 2. The highest BCUT2D eigenvalue weighted by Gasteiger charge is 2.30. The highest BCUT2D eigenvalue weighted by Crippen LogP contribution is 2.30. The molecule has 1 saturated carbocycles. The zero-order valence-electron chi connectivity index (χ0n) is 11.5. The summed E-state index contributed by atoms with van der Waals surface area (Å²) in [5, 5.41) is -0.127. The van der Waals surface area contributed by atoms with Gasteiger partial charge in [-0.15, -0.1) is 0 Å². The van der Waals surface area contributed by atoms with E-state index in [-0.39, 0.29) is 21.9 Å². The lowest BCUT2D eigenvalue weighted by Gasteiger charge is -2.34. The summed E-state index contributed by atoms with van der Waals surface area (Å²) in [6.45, 7) is 4.21. The van der Waals surface area contributed by atoms with Crippen LogP contribution in [0.2, 0.25) is 5.02 Å². The molecule has 1 aliphatic rings. The summed E-state index contributed by atoms with van der Waals surface area (Å²) in [6.07, 6.45) is 4.16. The van der Waals surface area contributed by atoms with E-state index < -0.39 is 15.6 Å². The minimum absolute atomic E-state index is 0.00692. The largest absolute Gasteiger partial charge is 0.326 e. The Morgan fingerprint density at radius 1 is 1.35 bits per heavy atom. The summed E-state index contributed by atoms with van der Waals surface area (Å²) in [6, 6.07) is 1.11. The Kier molecular flexibility index (Phi) is 4.56. The number of hydrogen-bond acceptors (Lipinski definition) is 3. The molecular formula is C13H19ClN2O3S. The molecule has 1 aromatic heterocycles. The van der Waals surface area contributed by atoms with Crippen LogP contribution < -0.4 is 10.3 Å². The minimum Gasteiger partial charge on any atom is -0.326 e. The number of aromatic amines is 1. The molecule has 5 nitrogen and oxygen atoms in total. The van der Waals surface area contributed by atoms with E-state index in [0.717, 1.165) is 19.3 Å². The summed E-state index contributed by atoms with van der Waals surface area (Å²) < 4.78 is 27.4. The molecule has 1 aromatic rings. The van der Waals surface area contributed by atoms with E-state index >= 15 is 0 Å². The van der Waals surface area contributed by atoms with Crippen molar-refractivity contribution in [3.8, 4) is 0 Å². The fourth-order valence-electron chi connectivity index (χ4n) is 2.61. The van der Waals surface area contributed by atoms with E-state index in [1.807, 2.05) is 0 Å². The molecule has 7 heteroatoms. The molecular weight excluding hydrogens is 300 g/mol. The maximum Gasteiger partial charge on any atom is 0.266 e. The summed E-state index contributed by atoms with van der Waals surface area (Å²) in [4.78, 5) is 13.5. The van der Waals surface area contributed by atoms with Gasteiger partial charge in [0, 0.05) is 12.2 Å². The van der Waals surface area contributed by atoms with Crippen molar-refractivity contribution in [1.29, 1.82) is 0 Å². The van der Waals surface area contributed by atoms with E-state index in [1.54, 1.807) is 0 Å². The van der Waals surface area contributed by atoms with Gasteiger partial charge >= 0.3 is 0 Å². The standard InChI is InChI=1S/C13H19ClN2O3S/c1-8-4-3-5-12(9(8)2)16-20(18,19)10-6-11(14)13(17)15-7-10/h6-9,12,16H,3-5H2,1-2H3,(H,15,17). The molecule has 2 N–H and O–H groups in total. The van der Waals surface area contributed by atoms with E-state index in [2.05, 4.69) is 23.6 Å². The molecule has 1 fully saturated rings. The first-order valence-corrected chi connectivity index (χ1v) is 8.58. The maximum atomic E-state index is 12.3. The van der Waals surface area contributed by atoms with Crippen molar-refractivity contribution in [2.75, 3.05) is 0 Å². The smallest absolute Gasteiger partial charge is 0.266 e. The molecule has 3 unspecified atom stereocenters. The van der Waals surface area contributed by atoms with Crippen LogP contribution in [0.3, 0.4) is 0 Å². The van der Waals surface area contributed by atoms with E-state index in [4.69, 9.17) is 11.6 Å². The van der Waals surface area contributed by atoms with Crippen LogP contribution in [0.1, 0.15) is 33.1 Å². The topological polar surface area (TPSA) is 79.0 Å². The molecule has 0 saturated heterocycles. The monoisotopic (exact) mass is 318 g/mol. The number of pyridine rings is 1. The van der Waals surface area contributed by atoms with Crippen LogP contribution in [-0.2, 0) is 10.0 Å². The highest BCUT2D eigenvalue weighted by molar-refractivity contribution is 7.89. The fourth-order valence-corrected chi connectivity index (χ4v) is 4.20. The molecule has 0 bridgehead atoms. The number of halogens is 1. The van der Waals surface area contributed by atoms with E-state index in [9.17, 15) is 13.2 Å². The normalized spacial score (nSPS) is 27.4. The Labute approximate surface area is 123 Å². The van der Waals surface area contributed by atoms with Crippen molar-refractivity contribution in [1.82, 2.24) is 9.71 Å². The van der Waals surface area contributed by atoms with Crippen LogP contribution in [0.5, 0.6) is 0 Å². The molecule has 0 amide bonds. The second kappa shape index (κ2) is 5.87. The van der Waals surface area contributed by atoms with Crippen molar-refractivity contribution < 1.29 is 8.42 Å². The highest BCUT2D eigenvalue weighted by atomic mass is 35.5. The van der Waals surface area contributed by atoms with Gasteiger partial charge in [-0.25, -0.2) is 13.1 Å². The van der Waals surface area contributed by atoms with E-state index in [1.165, 1.54) is 12.3 Å². The molecule has 0 aromatic carbocycles. The lowest BCUT2D eigenvalue weighted by atomic mass is 9.78. The third-order valence-corrected chi connectivity index (χ3v) is 5.91. The number of hydrogen-bond donors (Lipinski definition) is 2. The van der Waals surface area contributed by atoms with Gasteiger partial charge in [0.2, 0.25) is 10.0 Å². The fraction of sp³-hybridized carbons (Fsp3) is 0.615. The van der Waals surface area contributed by atoms with Gasteiger partial charge in [0.15, 0.2) is 0 Å². The average molecular weight is 319 g/mol. The van der Waals surface area contributed by atoms with Gasteiger partial charge in [-0.05, 0) is 24.3 Å². The predicted octanol–water partition coefficient (Wildman–Crippen LogP) is 2.13. The molecule has 0 radical (unpaired) electrons. The Hall–Kier alpha value is -0.850. The summed E-state index contributed by atoms with van der Waals surface area (Å²) in [5.74, 6) is 0.785. The Balaban J connectivity index is 2.22. The molecule has 2 rings (SSSR count). The first kappa shape index (κ1) is 15.5. The van der Waals surface area contributed by atoms with Gasteiger partial charge in [0.05, 0.1) is 4.90 Å². The first-order chi connectivity index (χ1) is 9.31. The maximum absolute atomic E-state index is 12.3.